The number of furan rings is 1. The lowest BCUT2D eigenvalue weighted by atomic mass is 9.92. The van der Waals surface area contributed by atoms with Gasteiger partial charge in [0.1, 0.15) is 11.3 Å². The van der Waals surface area contributed by atoms with E-state index in [9.17, 15) is 14.4 Å². The second-order valence-corrected chi connectivity index (χ2v) is 7.20. The van der Waals surface area contributed by atoms with Crippen LogP contribution in [0.4, 0.5) is 5.88 Å². The van der Waals surface area contributed by atoms with Crippen molar-refractivity contribution in [2.75, 3.05) is 31.6 Å². The fraction of sp³-hybridized carbons (Fsp3) is 0.632. The summed E-state index contributed by atoms with van der Waals surface area (Å²) in [6.45, 7) is 11.1. The molecule has 0 spiro atoms. The van der Waals surface area contributed by atoms with Crippen LogP contribution in [-0.2, 0) is 9.53 Å². The molecule has 0 aromatic carbocycles. The molecule has 0 aliphatic carbocycles. The van der Waals surface area contributed by atoms with Gasteiger partial charge >= 0.3 is 5.97 Å². The molecule has 2 rings (SSSR count). The average molecular weight is 364 g/mol. The third kappa shape index (κ3) is 4.72. The number of esters is 1. The fourth-order valence-corrected chi connectivity index (χ4v) is 3.75. The zero-order valence-electron chi connectivity index (χ0n) is 16.2. The third-order valence-corrected chi connectivity index (χ3v) is 4.48. The Bertz CT molecular complexity index is 684. The Morgan fingerprint density at radius 3 is 2.35 bits per heavy atom. The van der Waals surface area contributed by atoms with Crippen LogP contribution < -0.4 is 5.32 Å². The molecule has 1 aliphatic rings. The van der Waals surface area contributed by atoms with E-state index in [-0.39, 0.29) is 47.6 Å². The van der Waals surface area contributed by atoms with Gasteiger partial charge in [0, 0.05) is 13.1 Å². The molecule has 1 aromatic rings. The van der Waals surface area contributed by atoms with E-state index < -0.39 is 5.97 Å². The van der Waals surface area contributed by atoms with E-state index in [0.717, 1.165) is 19.5 Å². The van der Waals surface area contributed by atoms with Gasteiger partial charge in [-0.05, 0) is 39.0 Å². The van der Waals surface area contributed by atoms with Crippen LogP contribution in [0.2, 0.25) is 0 Å². The van der Waals surface area contributed by atoms with E-state index in [1.165, 1.54) is 6.92 Å². The number of amides is 1. The fourth-order valence-electron chi connectivity index (χ4n) is 3.75. The van der Waals surface area contributed by atoms with Gasteiger partial charge in [-0.3, -0.25) is 19.8 Å². The molecule has 0 saturated carbocycles. The highest BCUT2D eigenvalue weighted by molar-refractivity contribution is 6.10. The topological polar surface area (TPSA) is 88.8 Å². The predicted octanol–water partition coefficient (Wildman–Crippen LogP) is 2.88. The highest BCUT2D eigenvalue weighted by atomic mass is 16.5. The summed E-state index contributed by atoms with van der Waals surface area (Å²) < 4.78 is 10.5. The zero-order valence-corrected chi connectivity index (χ0v) is 16.2. The van der Waals surface area contributed by atoms with E-state index in [1.807, 2.05) is 0 Å². The van der Waals surface area contributed by atoms with Crippen molar-refractivity contribution in [1.29, 1.82) is 0 Å². The second kappa shape index (κ2) is 8.49. The van der Waals surface area contributed by atoms with Crippen molar-refractivity contribution in [1.82, 2.24) is 4.90 Å². The van der Waals surface area contributed by atoms with Gasteiger partial charge in [0.15, 0.2) is 5.78 Å². The molecule has 1 N–H and O–H groups in total. The SMILES string of the molecule is CCOC(=O)c1c(NC(=O)CN2C[C@H](C)C[C@H](C)C2)oc(C)c1C(C)=O. The van der Waals surface area contributed by atoms with Crippen molar-refractivity contribution >= 4 is 23.5 Å². The summed E-state index contributed by atoms with van der Waals surface area (Å²) in [6.07, 6.45) is 1.16. The van der Waals surface area contributed by atoms with Crippen LogP contribution in [0.25, 0.3) is 0 Å². The Hall–Kier alpha value is -2.15. The van der Waals surface area contributed by atoms with E-state index in [2.05, 4.69) is 24.1 Å². The molecule has 144 valence electrons. The van der Waals surface area contributed by atoms with Gasteiger partial charge in [-0.15, -0.1) is 0 Å². The Morgan fingerprint density at radius 1 is 1.19 bits per heavy atom. The van der Waals surface area contributed by atoms with Crippen LogP contribution >= 0.6 is 0 Å². The van der Waals surface area contributed by atoms with Crippen LogP contribution in [0, 0.1) is 18.8 Å². The lowest BCUT2D eigenvalue weighted by molar-refractivity contribution is -0.118. The number of ketones is 1. The lowest BCUT2D eigenvalue weighted by Crippen LogP contribution is -2.42. The number of likely N-dealkylation sites (tertiary alicyclic amines) is 1. The minimum atomic E-state index is -0.676. The molecule has 2 atom stereocenters. The number of carbonyl (C=O) groups is 3. The number of hydrogen-bond acceptors (Lipinski definition) is 6. The number of Topliss-reactive ketones (excluding diaryl/α,β-unsaturated/α-hetero) is 1. The Labute approximate surface area is 154 Å². The van der Waals surface area contributed by atoms with Gasteiger partial charge in [0.2, 0.25) is 11.8 Å². The van der Waals surface area contributed by atoms with Crippen molar-refractivity contribution in [3.05, 3.63) is 16.9 Å². The molecule has 1 aromatic heterocycles. The van der Waals surface area contributed by atoms with E-state index >= 15 is 0 Å². The summed E-state index contributed by atoms with van der Waals surface area (Å²) in [5.41, 5.74) is 0.143. The van der Waals surface area contributed by atoms with Gasteiger partial charge < -0.3 is 9.15 Å². The minimum Gasteiger partial charge on any atom is -0.462 e. The van der Waals surface area contributed by atoms with E-state index in [4.69, 9.17) is 9.15 Å². The maximum Gasteiger partial charge on any atom is 0.344 e. The van der Waals surface area contributed by atoms with Gasteiger partial charge in [0.05, 0.1) is 18.7 Å². The number of rotatable bonds is 6. The van der Waals surface area contributed by atoms with Crippen LogP contribution in [0.5, 0.6) is 0 Å². The zero-order chi connectivity index (χ0) is 19.4. The highest BCUT2D eigenvalue weighted by Gasteiger charge is 2.29. The van der Waals surface area contributed by atoms with E-state index in [1.54, 1.807) is 13.8 Å². The molecule has 0 radical (unpaired) electrons. The number of ether oxygens (including phenoxy) is 1. The van der Waals surface area contributed by atoms with Crippen LogP contribution in [0.3, 0.4) is 0 Å². The summed E-state index contributed by atoms with van der Waals surface area (Å²) in [6, 6.07) is 0. The normalized spacial score (nSPS) is 20.7. The average Bonchev–Trinajstić information content (AvgIpc) is 2.82. The van der Waals surface area contributed by atoms with Crippen molar-refractivity contribution in [2.24, 2.45) is 11.8 Å². The minimum absolute atomic E-state index is 0.00872. The first-order chi connectivity index (χ1) is 12.2. The van der Waals surface area contributed by atoms with Crippen LogP contribution in [-0.4, -0.2) is 48.8 Å². The summed E-state index contributed by atoms with van der Waals surface area (Å²) >= 11 is 0. The second-order valence-electron chi connectivity index (χ2n) is 7.20. The monoisotopic (exact) mass is 364 g/mol. The smallest absolute Gasteiger partial charge is 0.344 e. The number of carbonyl (C=O) groups excluding carboxylic acids is 3. The summed E-state index contributed by atoms with van der Waals surface area (Å²) in [5, 5.41) is 2.64. The molecular formula is C19H28N2O5. The number of nitrogens with one attached hydrogen (secondary N) is 1. The standard InChI is InChI=1S/C19H28N2O5/c1-6-25-19(24)17-16(13(4)22)14(5)26-18(17)20-15(23)10-21-8-11(2)7-12(3)9-21/h11-12H,6-10H2,1-5H3,(H,20,23)/t11-,12+. The van der Waals surface area contributed by atoms with Gasteiger partial charge in [0.25, 0.3) is 0 Å². The summed E-state index contributed by atoms with van der Waals surface area (Å²) in [4.78, 5) is 38.7. The molecule has 1 fully saturated rings. The first-order valence-corrected chi connectivity index (χ1v) is 9.06. The quantitative estimate of drug-likeness (QED) is 0.617. The van der Waals surface area contributed by atoms with Gasteiger partial charge in [-0.2, -0.15) is 0 Å². The number of piperidine rings is 1. The molecule has 26 heavy (non-hydrogen) atoms. The van der Waals surface area contributed by atoms with Crippen molar-refractivity contribution in [3.8, 4) is 0 Å². The molecule has 1 saturated heterocycles. The first kappa shape index (κ1) is 20.2. The first-order valence-electron chi connectivity index (χ1n) is 9.06. The molecule has 1 aliphatic heterocycles. The Morgan fingerprint density at radius 2 is 1.81 bits per heavy atom. The molecule has 7 nitrogen and oxygen atoms in total. The van der Waals surface area contributed by atoms with Crippen LogP contribution in [0.1, 0.15) is 60.6 Å². The number of nitrogens with zero attached hydrogens (tertiary/aromatic N) is 1. The third-order valence-electron chi connectivity index (χ3n) is 4.48. The molecule has 2 heterocycles. The predicted molar refractivity (Wildman–Crippen MR) is 97.4 cm³/mol. The van der Waals surface area contributed by atoms with Crippen molar-refractivity contribution < 1.29 is 23.5 Å². The van der Waals surface area contributed by atoms with Crippen LogP contribution in [0.15, 0.2) is 4.42 Å². The largest absolute Gasteiger partial charge is 0.462 e. The summed E-state index contributed by atoms with van der Waals surface area (Å²) in [5.74, 6) is 0.0817. The van der Waals surface area contributed by atoms with E-state index in [0.29, 0.717) is 11.8 Å². The molecule has 1 amide bonds. The number of anilines is 1. The number of aryl methyl sites for hydroxylation is 1. The molecule has 0 unspecified atom stereocenters. The molecule has 0 bridgehead atoms. The molecular weight excluding hydrogens is 336 g/mol. The Balaban J connectivity index is 2.17. The highest BCUT2D eigenvalue weighted by Crippen LogP contribution is 2.29. The summed E-state index contributed by atoms with van der Waals surface area (Å²) in [7, 11) is 0. The maximum atomic E-state index is 12.5. The van der Waals surface area contributed by atoms with Crippen molar-refractivity contribution in [3.63, 3.8) is 0 Å². The maximum absolute atomic E-state index is 12.5. The molecule has 7 heteroatoms. The Kier molecular flexibility index (Phi) is 6.58. The van der Waals surface area contributed by atoms with Crippen molar-refractivity contribution in [2.45, 2.75) is 41.0 Å². The van der Waals surface area contributed by atoms with Gasteiger partial charge in [-0.1, -0.05) is 13.8 Å². The lowest BCUT2D eigenvalue weighted by Gasteiger charge is -2.34. The number of hydrogen-bond donors (Lipinski definition) is 1. The van der Waals surface area contributed by atoms with Gasteiger partial charge in [-0.25, -0.2) is 4.79 Å².